The summed E-state index contributed by atoms with van der Waals surface area (Å²) in [5.41, 5.74) is 0.671. The molecule has 5 nitrogen and oxygen atoms in total. The summed E-state index contributed by atoms with van der Waals surface area (Å²) in [6.45, 7) is 6.60. The van der Waals surface area contributed by atoms with Crippen LogP contribution in [0.3, 0.4) is 0 Å². The number of amides is 1. The van der Waals surface area contributed by atoms with Gasteiger partial charge in [0.05, 0.1) is 13.2 Å². The highest BCUT2D eigenvalue weighted by Crippen LogP contribution is 2.26. The fraction of sp³-hybridized carbons (Fsp3) is 0.667. The summed E-state index contributed by atoms with van der Waals surface area (Å²) >= 11 is 0. The SMILES string of the molecule is CC(C)CC1CCCN1C(=O)c1ccnc(OC2CCOC2)c1. The second-order valence-corrected chi connectivity index (χ2v) is 6.91. The lowest BCUT2D eigenvalue weighted by Gasteiger charge is -2.26. The number of hydrogen-bond acceptors (Lipinski definition) is 4. The number of aromatic nitrogens is 1. The Morgan fingerprint density at radius 1 is 1.48 bits per heavy atom. The molecule has 0 radical (unpaired) electrons. The topological polar surface area (TPSA) is 51.7 Å². The molecule has 1 aromatic rings. The monoisotopic (exact) mass is 318 g/mol. The van der Waals surface area contributed by atoms with Gasteiger partial charge in [0, 0.05) is 36.8 Å². The fourth-order valence-electron chi connectivity index (χ4n) is 3.44. The minimum Gasteiger partial charge on any atom is -0.472 e. The summed E-state index contributed by atoms with van der Waals surface area (Å²) in [6.07, 6.45) is 5.86. The highest BCUT2D eigenvalue weighted by atomic mass is 16.5. The molecule has 23 heavy (non-hydrogen) atoms. The van der Waals surface area contributed by atoms with Crippen LogP contribution in [0, 0.1) is 5.92 Å². The molecule has 3 heterocycles. The predicted octanol–water partition coefficient (Wildman–Crippen LogP) is 2.90. The average molecular weight is 318 g/mol. The van der Waals surface area contributed by atoms with E-state index in [0.717, 1.165) is 38.8 Å². The van der Waals surface area contributed by atoms with Gasteiger partial charge in [-0.25, -0.2) is 4.98 Å². The van der Waals surface area contributed by atoms with Crippen LogP contribution in [0.2, 0.25) is 0 Å². The Labute approximate surface area is 138 Å². The molecule has 2 atom stereocenters. The minimum atomic E-state index is 0.0494. The molecule has 1 aromatic heterocycles. The Hall–Kier alpha value is -1.62. The van der Waals surface area contributed by atoms with Crippen molar-refractivity contribution in [3.05, 3.63) is 23.9 Å². The van der Waals surface area contributed by atoms with Crippen molar-refractivity contribution in [1.29, 1.82) is 0 Å². The number of likely N-dealkylation sites (tertiary alicyclic amines) is 1. The lowest BCUT2D eigenvalue weighted by Crippen LogP contribution is -2.36. The van der Waals surface area contributed by atoms with Gasteiger partial charge in [-0.2, -0.15) is 0 Å². The Bertz CT molecular complexity index is 541. The van der Waals surface area contributed by atoms with Gasteiger partial charge in [-0.3, -0.25) is 4.79 Å². The number of pyridine rings is 1. The van der Waals surface area contributed by atoms with E-state index in [1.54, 1.807) is 18.3 Å². The molecular weight excluding hydrogens is 292 g/mol. The maximum absolute atomic E-state index is 12.8. The first kappa shape index (κ1) is 16.2. The van der Waals surface area contributed by atoms with E-state index in [2.05, 4.69) is 18.8 Å². The molecule has 126 valence electrons. The van der Waals surface area contributed by atoms with Gasteiger partial charge in [0.25, 0.3) is 5.91 Å². The number of carbonyl (C=O) groups is 1. The van der Waals surface area contributed by atoms with Crippen LogP contribution in [0.5, 0.6) is 5.88 Å². The zero-order valence-electron chi connectivity index (χ0n) is 14.0. The molecule has 0 aromatic carbocycles. The van der Waals surface area contributed by atoms with Gasteiger partial charge in [0.15, 0.2) is 0 Å². The van der Waals surface area contributed by atoms with Crippen molar-refractivity contribution in [2.75, 3.05) is 19.8 Å². The molecule has 0 saturated carbocycles. The summed E-state index contributed by atoms with van der Waals surface area (Å²) in [7, 11) is 0. The number of carbonyl (C=O) groups excluding carboxylic acids is 1. The average Bonchev–Trinajstić information content (AvgIpc) is 3.18. The van der Waals surface area contributed by atoms with Gasteiger partial charge in [0.2, 0.25) is 5.88 Å². The summed E-state index contributed by atoms with van der Waals surface area (Å²) in [5.74, 6) is 1.22. The van der Waals surface area contributed by atoms with Crippen molar-refractivity contribution in [2.24, 2.45) is 5.92 Å². The van der Waals surface area contributed by atoms with Crippen LogP contribution in [0.25, 0.3) is 0 Å². The Kier molecular flexibility index (Phi) is 5.16. The highest BCUT2D eigenvalue weighted by Gasteiger charge is 2.30. The van der Waals surface area contributed by atoms with Crippen molar-refractivity contribution in [2.45, 2.75) is 51.7 Å². The number of ether oxygens (including phenoxy) is 2. The van der Waals surface area contributed by atoms with Crippen LogP contribution in [-0.2, 0) is 4.74 Å². The van der Waals surface area contributed by atoms with E-state index >= 15 is 0 Å². The zero-order valence-corrected chi connectivity index (χ0v) is 14.0. The molecule has 0 bridgehead atoms. The van der Waals surface area contributed by atoms with Gasteiger partial charge in [-0.05, 0) is 31.2 Å². The minimum absolute atomic E-state index is 0.0494. The highest BCUT2D eigenvalue weighted by molar-refractivity contribution is 5.94. The standard InChI is InChI=1S/C18H26N2O3/c1-13(2)10-15-4-3-8-20(15)18(21)14-5-7-19-17(11-14)23-16-6-9-22-12-16/h5,7,11,13,15-16H,3-4,6,8-10,12H2,1-2H3. The van der Waals surface area contributed by atoms with Crippen LogP contribution in [0.4, 0.5) is 0 Å². The molecule has 2 fully saturated rings. The third kappa shape index (κ3) is 4.02. The van der Waals surface area contributed by atoms with Crippen LogP contribution in [0.1, 0.15) is 49.9 Å². The van der Waals surface area contributed by atoms with Gasteiger partial charge < -0.3 is 14.4 Å². The Balaban J connectivity index is 1.68. The first-order valence-corrected chi connectivity index (χ1v) is 8.65. The van der Waals surface area contributed by atoms with E-state index in [1.165, 1.54) is 0 Å². The molecule has 2 aliphatic rings. The lowest BCUT2D eigenvalue weighted by atomic mass is 10.0. The zero-order chi connectivity index (χ0) is 16.2. The quantitative estimate of drug-likeness (QED) is 0.837. The molecule has 2 saturated heterocycles. The number of hydrogen-bond donors (Lipinski definition) is 0. The van der Waals surface area contributed by atoms with E-state index in [1.807, 2.05) is 4.90 Å². The van der Waals surface area contributed by atoms with Crippen LogP contribution >= 0.6 is 0 Å². The molecule has 5 heteroatoms. The van der Waals surface area contributed by atoms with Gasteiger partial charge in [-0.15, -0.1) is 0 Å². The Morgan fingerprint density at radius 2 is 2.35 bits per heavy atom. The van der Waals surface area contributed by atoms with E-state index in [0.29, 0.717) is 30.0 Å². The molecule has 0 N–H and O–H groups in total. The Morgan fingerprint density at radius 3 is 3.09 bits per heavy atom. The van der Waals surface area contributed by atoms with Crippen LogP contribution in [-0.4, -0.2) is 47.7 Å². The van der Waals surface area contributed by atoms with Crippen molar-refractivity contribution in [1.82, 2.24) is 9.88 Å². The van der Waals surface area contributed by atoms with E-state index in [9.17, 15) is 4.79 Å². The molecule has 3 rings (SSSR count). The summed E-state index contributed by atoms with van der Waals surface area (Å²) < 4.78 is 11.1. The van der Waals surface area contributed by atoms with E-state index in [-0.39, 0.29) is 12.0 Å². The maximum Gasteiger partial charge on any atom is 0.254 e. The predicted molar refractivity (Wildman–Crippen MR) is 87.6 cm³/mol. The summed E-state index contributed by atoms with van der Waals surface area (Å²) in [4.78, 5) is 19.1. The van der Waals surface area contributed by atoms with Crippen LogP contribution in [0.15, 0.2) is 18.3 Å². The third-order valence-electron chi connectivity index (χ3n) is 4.54. The van der Waals surface area contributed by atoms with Gasteiger partial charge in [0.1, 0.15) is 6.10 Å². The molecule has 0 aliphatic carbocycles. The normalized spacial score (nSPS) is 24.4. The van der Waals surface area contributed by atoms with Gasteiger partial charge in [-0.1, -0.05) is 13.8 Å². The van der Waals surface area contributed by atoms with Crippen LogP contribution < -0.4 is 4.74 Å². The smallest absolute Gasteiger partial charge is 0.254 e. The van der Waals surface area contributed by atoms with E-state index < -0.39 is 0 Å². The van der Waals surface area contributed by atoms with Crippen molar-refractivity contribution in [3.63, 3.8) is 0 Å². The maximum atomic E-state index is 12.8. The second-order valence-electron chi connectivity index (χ2n) is 6.91. The molecule has 0 spiro atoms. The van der Waals surface area contributed by atoms with Crippen molar-refractivity contribution >= 4 is 5.91 Å². The molecule has 1 amide bonds. The summed E-state index contributed by atoms with van der Waals surface area (Å²) in [5, 5.41) is 0. The van der Waals surface area contributed by atoms with Gasteiger partial charge >= 0.3 is 0 Å². The first-order chi connectivity index (χ1) is 11.1. The third-order valence-corrected chi connectivity index (χ3v) is 4.54. The van der Waals surface area contributed by atoms with E-state index in [4.69, 9.17) is 9.47 Å². The number of rotatable bonds is 5. The largest absolute Gasteiger partial charge is 0.472 e. The lowest BCUT2D eigenvalue weighted by molar-refractivity contribution is 0.0720. The molecular formula is C18H26N2O3. The summed E-state index contributed by atoms with van der Waals surface area (Å²) in [6, 6.07) is 3.92. The first-order valence-electron chi connectivity index (χ1n) is 8.65. The van der Waals surface area contributed by atoms with Crippen molar-refractivity contribution in [3.8, 4) is 5.88 Å². The molecule has 2 aliphatic heterocycles. The molecule has 2 unspecified atom stereocenters. The number of nitrogens with zero attached hydrogens (tertiary/aromatic N) is 2. The second kappa shape index (κ2) is 7.30. The fourth-order valence-corrected chi connectivity index (χ4v) is 3.44. The van der Waals surface area contributed by atoms with Crippen molar-refractivity contribution < 1.29 is 14.3 Å².